The second-order valence-electron chi connectivity index (χ2n) is 7.97. The second kappa shape index (κ2) is 7.47. The van der Waals surface area contributed by atoms with Gasteiger partial charge in [0.1, 0.15) is 11.2 Å². The minimum atomic E-state index is 0.733. The zero-order valence-electron chi connectivity index (χ0n) is 17.6. The van der Waals surface area contributed by atoms with Gasteiger partial charge in [-0.2, -0.15) is 0 Å². The molecule has 6 aromatic rings. The molecule has 3 heteroatoms. The lowest BCUT2D eigenvalue weighted by Gasteiger charge is -2.08. The van der Waals surface area contributed by atoms with Crippen molar-refractivity contribution in [2.75, 3.05) is 0 Å². The second-order valence-corrected chi connectivity index (χ2v) is 7.97. The maximum absolute atomic E-state index is 5.97. The van der Waals surface area contributed by atoms with Crippen LogP contribution < -0.4 is 0 Å². The van der Waals surface area contributed by atoms with Crippen LogP contribution in [0.2, 0.25) is 0 Å². The van der Waals surface area contributed by atoms with Gasteiger partial charge in [-0.3, -0.25) is 0 Å². The molecule has 0 saturated heterocycles. The van der Waals surface area contributed by atoms with E-state index >= 15 is 0 Å². The fourth-order valence-corrected chi connectivity index (χ4v) is 4.17. The first-order chi connectivity index (χ1) is 15.7. The van der Waals surface area contributed by atoms with Gasteiger partial charge in [-0.25, -0.2) is 9.97 Å². The topological polar surface area (TPSA) is 38.9 Å². The number of aryl methyl sites for hydroxylation is 1. The molecule has 0 fully saturated rings. The molecule has 0 saturated carbocycles. The number of benzene rings is 4. The van der Waals surface area contributed by atoms with E-state index in [-0.39, 0.29) is 0 Å². The molecule has 3 nitrogen and oxygen atoms in total. The van der Waals surface area contributed by atoms with E-state index in [1.54, 1.807) is 0 Å². The van der Waals surface area contributed by atoms with Crippen molar-refractivity contribution in [3.05, 3.63) is 109 Å². The summed E-state index contributed by atoms with van der Waals surface area (Å²) >= 11 is 0. The van der Waals surface area contributed by atoms with Gasteiger partial charge in [0, 0.05) is 27.6 Å². The molecule has 6 rings (SSSR count). The average molecular weight is 412 g/mol. The first-order valence-electron chi connectivity index (χ1n) is 10.7. The third kappa shape index (κ3) is 3.25. The lowest BCUT2D eigenvalue weighted by atomic mass is 10.0. The van der Waals surface area contributed by atoms with Crippen LogP contribution in [0.4, 0.5) is 0 Å². The molecule has 4 aromatic carbocycles. The van der Waals surface area contributed by atoms with E-state index < -0.39 is 0 Å². The van der Waals surface area contributed by atoms with Crippen LogP contribution in [0, 0.1) is 6.92 Å². The number of hydrogen-bond acceptors (Lipinski definition) is 3. The number of para-hydroxylation sites is 1. The third-order valence-corrected chi connectivity index (χ3v) is 5.78. The highest BCUT2D eigenvalue weighted by Crippen LogP contribution is 2.32. The maximum Gasteiger partial charge on any atom is 0.160 e. The molecule has 2 heterocycles. The highest BCUT2D eigenvalue weighted by Gasteiger charge is 2.11. The summed E-state index contributed by atoms with van der Waals surface area (Å²) in [5.74, 6) is 0.733. The predicted molar refractivity (Wildman–Crippen MR) is 130 cm³/mol. The zero-order valence-corrected chi connectivity index (χ0v) is 17.6. The van der Waals surface area contributed by atoms with Crippen molar-refractivity contribution < 1.29 is 4.42 Å². The smallest absolute Gasteiger partial charge is 0.160 e. The van der Waals surface area contributed by atoms with Gasteiger partial charge in [0.05, 0.1) is 5.69 Å². The number of hydrogen-bond donors (Lipinski definition) is 0. The van der Waals surface area contributed by atoms with E-state index in [9.17, 15) is 0 Å². The van der Waals surface area contributed by atoms with Crippen LogP contribution >= 0.6 is 0 Å². The van der Waals surface area contributed by atoms with Crippen LogP contribution in [-0.2, 0) is 0 Å². The van der Waals surface area contributed by atoms with Crippen molar-refractivity contribution in [3.8, 4) is 33.8 Å². The Kier molecular flexibility index (Phi) is 4.32. The van der Waals surface area contributed by atoms with Crippen molar-refractivity contribution in [2.24, 2.45) is 0 Å². The predicted octanol–water partition coefficient (Wildman–Crippen LogP) is 7.69. The van der Waals surface area contributed by atoms with E-state index in [4.69, 9.17) is 14.4 Å². The number of rotatable bonds is 3. The van der Waals surface area contributed by atoms with Gasteiger partial charge in [-0.05, 0) is 48.4 Å². The standard InChI is InChI=1S/C29H20N2O/c1-19-17-26(23-15-16-28-25(18-23)24-9-5-6-10-27(24)32-28)31-29(30-19)22-13-11-21(12-14-22)20-7-3-2-4-8-20/h2-18H,1H3. The summed E-state index contributed by atoms with van der Waals surface area (Å²) in [6.45, 7) is 2.01. The molecule has 32 heavy (non-hydrogen) atoms. The van der Waals surface area contributed by atoms with E-state index in [1.807, 2.05) is 43.3 Å². The van der Waals surface area contributed by atoms with Gasteiger partial charge in [-0.1, -0.05) is 72.8 Å². The fraction of sp³-hybridized carbons (Fsp3) is 0.0345. The molecular formula is C29H20N2O. The lowest BCUT2D eigenvalue weighted by Crippen LogP contribution is -1.95. The van der Waals surface area contributed by atoms with Crippen LogP contribution in [0.25, 0.3) is 55.7 Å². The minimum Gasteiger partial charge on any atom is -0.456 e. The molecule has 0 aliphatic rings. The van der Waals surface area contributed by atoms with Gasteiger partial charge in [0.25, 0.3) is 0 Å². The molecule has 0 spiro atoms. The summed E-state index contributed by atoms with van der Waals surface area (Å²) in [6.07, 6.45) is 0. The van der Waals surface area contributed by atoms with Crippen LogP contribution in [0.5, 0.6) is 0 Å². The molecule has 0 aliphatic heterocycles. The zero-order chi connectivity index (χ0) is 21.5. The summed E-state index contributed by atoms with van der Waals surface area (Å²) in [6, 6.07) is 35.2. The highest BCUT2D eigenvalue weighted by atomic mass is 16.3. The van der Waals surface area contributed by atoms with E-state index in [2.05, 4.69) is 66.7 Å². The van der Waals surface area contributed by atoms with Crippen molar-refractivity contribution >= 4 is 21.9 Å². The van der Waals surface area contributed by atoms with Gasteiger partial charge in [-0.15, -0.1) is 0 Å². The SMILES string of the molecule is Cc1cc(-c2ccc3oc4ccccc4c3c2)nc(-c2ccc(-c3ccccc3)cc2)n1. The van der Waals surface area contributed by atoms with Gasteiger partial charge in [0.15, 0.2) is 5.82 Å². The first kappa shape index (κ1) is 18.5. The quantitative estimate of drug-likeness (QED) is 0.299. The molecule has 0 atom stereocenters. The maximum atomic E-state index is 5.97. The Morgan fingerprint density at radius 1 is 0.531 bits per heavy atom. The molecule has 0 radical (unpaired) electrons. The van der Waals surface area contributed by atoms with Gasteiger partial charge >= 0.3 is 0 Å². The summed E-state index contributed by atoms with van der Waals surface area (Å²) in [4.78, 5) is 9.61. The normalized spacial score (nSPS) is 11.3. The average Bonchev–Trinajstić information content (AvgIpc) is 3.22. The highest BCUT2D eigenvalue weighted by molar-refractivity contribution is 6.06. The molecule has 2 aromatic heterocycles. The summed E-state index contributed by atoms with van der Waals surface area (Å²) in [5, 5.41) is 2.22. The first-order valence-corrected chi connectivity index (χ1v) is 10.7. The molecule has 0 aliphatic carbocycles. The Balaban J connectivity index is 1.42. The molecule has 0 unspecified atom stereocenters. The van der Waals surface area contributed by atoms with Crippen LogP contribution in [-0.4, -0.2) is 9.97 Å². The Hall–Kier alpha value is -4.24. The van der Waals surface area contributed by atoms with E-state index in [1.165, 1.54) is 11.1 Å². The Morgan fingerprint density at radius 2 is 1.19 bits per heavy atom. The summed E-state index contributed by atoms with van der Waals surface area (Å²) in [7, 11) is 0. The van der Waals surface area contributed by atoms with Crippen molar-refractivity contribution in [2.45, 2.75) is 6.92 Å². The van der Waals surface area contributed by atoms with Crippen LogP contribution in [0.15, 0.2) is 108 Å². The van der Waals surface area contributed by atoms with Crippen molar-refractivity contribution in [3.63, 3.8) is 0 Å². The molecule has 0 amide bonds. The Bertz CT molecular complexity index is 1560. The van der Waals surface area contributed by atoms with Gasteiger partial charge in [0.2, 0.25) is 0 Å². The molecule has 0 bridgehead atoms. The van der Waals surface area contributed by atoms with Gasteiger partial charge < -0.3 is 4.42 Å². The number of fused-ring (bicyclic) bond motifs is 3. The van der Waals surface area contributed by atoms with Crippen LogP contribution in [0.1, 0.15) is 5.69 Å². The minimum absolute atomic E-state index is 0.733. The molecule has 152 valence electrons. The third-order valence-electron chi connectivity index (χ3n) is 5.78. The molecular weight excluding hydrogens is 392 g/mol. The van der Waals surface area contributed by atoms with E-state index in [0.717, 1.165) is 50.3 Å². The lowest BCUT2D eigenvalue weighted by molar-refractivity contribution is 0.669. The number of furan rings is 1. The number of aromatic nitrogens is 2. The Morgan fingerprint density at radius 3 is 2.03 bits per heavy atom. The Labute approximate surface area is 186 Å². The van der Waals surface area contributed by atoms with Crippen molar-refractivity contribution in [1.29, 1.82) is 0 Å². The largest absolute Gasteiger partial charge is 0.456 e. The van der Waals surface area contributed by atoms with E-state index in [0.29, 0.717) is 0 Å². The monoisotopic (exact) mass is 412 g/mol. The molecule has 0 N–H and O–H groups in total. The fourth-order valence-electron chi connectivity index (χ4n) is 4.17. The van der Waals surface area contributed by atoms with Crippen molar-refractivity contribution in [1.82, 2.24) is 9.97 Å². The number of nitrogens with zero attached hydrogens (tertiary/aromatic N) is 2. The van der Waals surface area contributed by atoms with Crippen LogP contribution in [0.3, 0.4) is 0 Å². The summed E-state index contributed by atoms with van der Waals surface area (Å²) in [5.41, 5.74) is 8.07. The summed E-state index contributed by atoms with van der Waals surface area (Å²) < 4.78 is 5.97.